The second-order valence-electron chi connectivity index (χ2n) is 10.1. The summed E-state index contributed by atoms with van der Waals surface area (Å²) in [6.45, 7) is 6.78. The van der Waals surface area contributed by atoms with E-state index in [1.165, 1.54) is 30.2 Å². The number of hydrogen-bond donors (Lipinski definition) is 1. The van der Waals surface area contributed by atoms with Crippen LogP contribution in [0, 0.1) is 23.6 Å². The number of ketones is 1. The zero-order valence-corrected chi connectivity index (χ0v) is 18.7. The Kier molecular flexibility index (Phi) is 5.60. The van der Waals surface area contributed by atoms with Gasteiger partial charge >= 0.3 is 0 Å². The Labute approximate surface area is 188 Å². The summed E-state index contributed by atoms with van der Waals surface area (Å²) in [4.78, 5) is 26.6. The number of hydrogen-bond acceptors (Lipinski definition) is 4. The fraction of sp³-hybridized carbons (Fsp3) is 0.615. The van der Waals surface area contributed by atoms with Crippen LogP contribution in [-0.4, -0.2) is 40.4 Å². The Morgan fingerprint density at radius 3 is 2.56 bits per heavy atom. The lowest BCUT2D eigenvalue weighted by Crippen LogP contribution is -2.37. The summed E-state index contributed by atoms with van der Waals surface area (Å²) in [5, 5.41) is 9.80. The molecule has 0 radical (unpaired) electrons. The zero-order valence-electron chi connectivity index (χ0n) is 18.7. The summed E-state index contributed by atoms with van der Waals surface area (Å²) in [7, 11) is 0. The zero-order chi connectivity index (χ0) is 22.6. The average molecular weight is 442 g/mol. The number of rotatable bonds is 7. The molecule has 0 spiro atoms. The van der Waals surface area contributed by atoms with Crippen LogP contribution in [-0.2, 0) is 4.79 Å². The van der Waals surface area contributed by atoms with Gasteiger partial charge in [-0.1, -0.05) is 26.3 Å². The molecule has 6 heteroatoms. The number of Topliss-reactive ketones (excluding diaryl/α,β-unsaturated/α-hetero) is 1. The lowest BCUT2D eigenvalue weighted by atomic mass is 10.0. The first-order chi connectivity index (χ1) is 15.4. The lowest BCUT2D eigenvalue weighted by molar-refractivity contribution is -0.113. The third-order valence-electron chi connectivity index (χ3n) is 7.93. The smallest absolute Gasteiger partial charge is 0.261 e. The number of nitrogens with zero attached hydrogens (tertiary/aromatic N) is 1. The van der Waals surface area contributed by atoms with Crippen molar-refractivity contribution < 1.29 is 23.8 Å². The van der Waals surface area contributed by atoms with Gasteiger partial charge in [0.15, 0.2) is 5.78 Å². The molecule has 0 bridgehead atoms. The van der Waals surface area contributed by atoms with Crippen LogP contribution in [0.25, 0.3) is 0 Å². The molecule has 1 saturated heterocycles. The van der Waals surface area contributed by atoms with Gasteiger partial charge in [0.25, 0.3) is 5.91 Å². The monoisotopic (exact) mass is 441 g/mol. The maximum absolute atomic E-state index is 15.2. The second kappa shape index (κ2) is 8.29. The summed E-state index contributed by atoms with van der Waals surface area (Å²) in [6, 6.07) is 2.59. The second-order valence-corrected chi connectivity index (χ2v) is 10.1. The molecule has 4 unspecified atom stereocenters. The molecular formula is C26H32FNO4. The van der Waals surface area contributed by atoms with E-state index in [2.05, 4.69) is 13.5 Å². The van der Waals surface area contributed by atoms with Gasteiger partial charge in [0.05, 0.1) is 24.1 Å². The van der Waals surface area contributed by atoms with Crippen molar-refractivity contribution in [3.05, 3.63) is 41.4 Å². The Hall–Kier alpha value is -2.21. The predicted octanol–water partition coefficient (Wildman–Crippen LogP) is 4.59. The summed E-state index contributed by atoms with van der Waals surface area (Å²) in [5.74, 6) is 0.229. The molecule has 1 aliphatic heterocycles. The number of likely N-dealkylation sites (tertiary alicyclic amines) is 1. The minimum Gasteiger partial charge on any atom is -0.493 e. The number of aliphatic hydroxyl groups excluding tert-OH is 1. The van der Waals surface area contributed by atoms with E-state index >= 15 is 4.39 Å². The topological polar surface area (TPSA) is 66.8 Å². The number of aliphatic hydroxyl groups is 1. The van der Waals surface area contributed by atoms with Gasteiger partial charge in [0.1, 0.15) is 17.7 Å². The molecule has 1 N–H and O–H groups in total. The Morgan fingerprint density at radius 2 is 1.94 bits per heavy atom. The lowest BCUT2D eigenvalue weighted by Gasteiger charge is -2.26. The molecule has 1 aromatic carbocycles. The largest absolute Gasteiger partial charge is 0.493 e. The van der Waals surface area contributed by atoms with Gasteiger partial charge in [0, 0.05) is 11.8 Å². The van der Waals surface area contributed by atoms with Gasteiger partial charge in [-0.05, 0) is 67.9 Å². The summed E-state index contributed by atoms with van der Waals surface area (Å²) in [6.07, 6.45) is 6.88. The van der Waals surface area contributed by atoms with Gasteiger partial charge in [-0.15, -0.1) is 0 Å². The summed E-state index contributed by atoms with van der Waals surface area (Å²) in [5.41, 5.74) is 1.48. The van der Waals surface area contributed by atoms with Crippen LogP contribution in [0.3, 0.4) is 0 Å². The summed E-state index contributed by atoms with van der Waals surface area (Å²) < 4.78 is 21.3. The first-order valence-electron chi connectivity index (χ1n) is 12.1. The molecule has 5 atom stereocenters. The summed E-state index contributed by atoms with van der Waals surface area (Å²) >= 11 is 0. The number of ether oxygens (including phenoxy) is 1. The van der Waals surface area contributed by atoms with Gasteiger partial charge in [-0.3, -0.25) is 9.59 Å². The standard InChI is InChI=1S/C26H32FNO4/c1-3-15-5-6-16(10-15)13-32-22-12-20(27)19(11-18(22)17-7-8-17)26(31)28-14(2)4-9-21(28)23-24(29)25(23)30/h11-12,15-17,21,23-24,29H,2-10,13H2,1H3/t15?,16?,21?,23-,24?/m0/s1. The van der Waals surface area contributed by atoms with Crippen molar-refractivity contribution in [2.75, 3.05) is 6.61 Å². The molecule has 32 heavy (non-hydrogen) atoms. The van der Waals surface area contributed by atoms with Crippen molar-refractivity contribution in [1.82, 2.24) is 4.90 Å². The van der Waals surface area contributed by atoms with Gasteiger partial charge in [-0.2, -0.15) is 0 Å². The van der Waals surface area contributed by atoms with Crippen LogP contribution in [0.2, 0.25) is 0 Å². The van der Waals surface area contributed by atoms with Crippen molar-refractivity contribution in [3.63, 3.8) is 0 Å². The third-order valence-corrected chi connectivity index (χ3v) is 7.93. The van der Waals surface area contributed by atoms with Crippen LogP contribution < -0.4 is 4.74 Å². The minimum atomic E-state index is -1.02. The van der Waals surface area contributed by atoms with Crippen molar-refractivity contribution >= 4 is 11.7 Å². The van der Waals surface area contributed by atoms with E-state index < -0.39 is 29.8 Å². The van der Waals surface area contributed by atoms with Gasteiger partial charge in [0.2, 0.25) is 0 Å². The van der Waals surface area contributed by atoms with Crippen molar-refractivity contribution in [1.29, 1.82) is 0 Å². The predicted molar refractivity (Wildman–Crippen MR) is 118 cm³/mol. The minimum absolute atomic E-state index is 0.00167. The van der Waals surface area contributed by atoms with Crippen molar-refractivity contribution in [2.24, 2.45) is 17.8 Å². The molecule has 1 amide bonds. The number of halogens is 1. The molecule has 0 aromatic heterocycles. The molecular weight excluding hydrogens is 409 g/mol. The third kappa shape index (κ3) is 3.87. The van der Waals surface area contributed by atoms with E-state index in [-0.39, 0.29) is 11.3 Å². The Bertz CT molecular complexity index is 955. The Balaban J connectivity index is 1.36. The van der Waals surface area contributed by atoms with Gasteiger partial charge in [-0.25, -0.2) is 4.39 Å². The van der Waals surface area contributed by atoms with E-state index in [9.17, 15) is 14.7 Å². The van der Waals surface area contributed by atoms with E-state index in [4.69, 9.17) is 4.74 Å². The molecule has 1 heterocycles. The number of carbonyl (C=O) groups is 2. The highest BCUT2D eigenvalue weighted by molar-refractivity contribution is 6.04. The van der Waals surface area contributed by atoms with E-state index in [1.54, 1.807) is 6.07 Å². The maximum Gasteiger partial charge on any atom is 0.261 e. The Morgan fingerprint density at radius 1 is 1.22 bits per heavy atom. The SMILES string of the molecule is C=C1CCC([C@@H]2C(=O)C2O)N1C(=O)c1cc(C2CC2)c(OCC2CCC(CC)C2)cc1F. The molecule has 5 nitrogen and oxygen atoms in total. The normalized spacial score (nSPS) is 32.0. The maximum atomic E-state index is 15.2. The van der Waals surface area contributed by atoms with Crippen LogP contribution in [0.5, 0.6) is 5.75 Å². The molecule has 3 aliphatic carbocycles. The number of allylic oxidation sites excluding steroid dienone is 1. The van der Waals surface area contributed by atoms with E-state index in [0.29, 0.717) is 42.7 Å². The van der Waals surface area contributed by atoms with E-state index in [0.717, 1.165) is 30.7 Å². The first kappa shape index (κ1) is 21.6. The van der Waals surface area contributed by atoms with Crippen LogP contribution in [0.1, 0.15) is 80.1 Å². The average Bonchev–Trinajstić information content (AvgIpc) is 3.61. The molecule has 5 rings (SSSR count). The first-order valence-corrected chi connectivity index (χ1v) is 12.1. The van der Waals surface area contributed by atoms with Crippen LogP contribution in [0.15, 0.2) is 24.4 Å². The quantitative estimate of drug-likeness (QED) is 0.672. The van der Waals surface area contributed by atoms with Crippen LogP contribution in [0.4, 0.5) is 4.39 Å². The van der Waals surface area contributed by atoms with Crippen LogP contribution >= 0.6 is 0 Å². The molecule has 4 fully saturated rings. The number of benzene rings is 1. The highest BCUT2D eigenvalue weighted by Gasteiger charge is 2.57. The van der Waals surface area contributed by atoms with Crippen molar-refractivity contribution in [3.8, 4) is 5.75 Å². The van der Waals surface area contributed by atoms with Crippen molar-refractivity contribution in [2.45, 2.75) is 76.4 Å². The highest BCUT2D eigenvalue weighted by Crippen LogP contribution is 2.47. The fourth-order valence-electron chi connectivity index (χ4n) is 5.69. The molecule has 1 aromatic rings. The van der Waals surface area contributed by atoms with E-state index in [1.807, 2.05) is 0 Å². The van der Waals surface area contributed by atoms with Gasteiger partial charge < -0.3 is 14.7 Å². The number of carbonyl (C=O) groups excluding carboxylic acids is 2. The molecule has 4 aliphatic rings. The molecule has 172 valence electrons. The fourth-order valence-corrected chi connectivity index (χ4v) is 5.69. The molecule has 3 saturated carbocycles. The highest BCUT2D eigenvalue weighted by atomic mass is 19.1. The number of amides is 1.